The highest BCUT2D eigenvalue weighted by atomic mass is 16.5. The molecule has 0 unspecified atom stereocenters. The Hall–Kier alpha value is -3.61. The van der Waals surface area contributed by atoms with Crippen molar-refractivity contribution in [2.45, 2.75) is 20.8 Å². The molecule has 2 N–H and O–H groups in total. The smallest absolute Gasteiger partial charge is 0.289 e. The number of carbonyl (C=O) groups is 1. The number of nitrogens with zero attached hydrogens (tertiary/aromatic N) is 2. The minimum atomic E-state index is -0.352. The van der Waals surface area contributed by atoms with Gasteiger partial charge in [0.25, 0.3) is 5.91 Å². The molecular weight excluding hydrogens is 368 g/mol. The van der Waals surface area contributed by atoms with Crippen molar-refractivity contribution < 1.29 is 14.3 Å². The van der Waals surface area contributed by atoms with Gasteiger partial charge < -0.3 is 9.47 Å². The van der Waals surface area contributed by atoms with Gasteiger partial charge in [0.2, 0.25) is 0 Å². The van der Waals surface area contributed by atoms with E-state index in [-0.39, 0.29) is 5.91 Å². The SMILES string of the molecule is CCOc1ccc(C=NNC(=O)c2[nH]nc(-c3ccc(OCC)cc3)c2C)cc1. The van der Waals surface area contributed by atoms with E-state index in [0.29, 0.717) is 24.6 Å². The van der Waals surface area contributed by atoms with Gasteiger partial charge in [0, 0.05) is 11.1 Å². The number of amides is 1. The van der Waals surface area contributed by atoms with Crippen LogP contribution in [0.2, 0.25) is 0 Å². The minimum absolute atomic E-state index is 0.352. The van der Waals surface area contributed by atoms with E-state index in [4.69, 9.17) is 9.47 Å². The Bertz CT molecular complexity index is 976. The van der Waals surface area contributed by atoms with E-state index in [1.165, 1.54) is 0 Å². The molecule has 0 fully saturated rings. The second-order valence-corrected chi connectivity index (χ2v) is 6.23. The molecular formula is C22H24N4O3. The molecule has 1 aromatic heterocycles. The van der Waals surface area contributed by atoms with Crippen molar-refractivity contribution in [3.05, 3.63) is 65.4 Å². The monoisotopic (exact) mass is 392 g/mol. The number of benzene rings is 2. The number of hydrazone groups is 1. The Balaban J connectivity index is 1.65. The number of aromatic amines is 1. The second-order valence-electron chi connectivity index (χ2n) is 6.23. The third-order valence-corrected chi connectivity index (χ3v) is 4.25. The zero-order valence-corrected chi connectivity index (χ0v) is 16.7. The summed E-state index contributed by atoms with van der Waals surface area (Å²) in [5.74, 6) is 1.24. The fraction of sp³-hybridized carbons (Fsp3) is 0.227. The van der Waals surface area contributed by atoms with Crippen LogP contribution in [0.3, 0.4) is 0 Å². The average molecular weight is 392 g/mol. The molecule has 0 atom stereocenters. The normalized spacial score (nSPS) is 10.9. The highest BCUT2D eigenvalue weighted by Crippen LogP contribution is 2.25. The van der Waals surface area contributed by atoms with E-state index in [1.54, 1.807) is 6.21 Å². The number of hydrogen-bond donors (Lipinski definition) is 2. The highest BCUT2D eigenvalue weighted by molar-refractivity contribution is 5.96. The summed E-state index contributed by atoms with van der Waals surface area (Å²) in [6.45, 7) is 6.95. The van der Waals surface area contributed by atoms with E-state index in [9.17, 15) is 4.79 Å². The van der Waals surface area contributed by atoms with Gasteiger partial charge in [0.1, 0.15) is 17.2 Å². The van der Waals surface area contributed by atoms with Gasteiger partial charge >= 0.3 is 0 Å². The molecule has 1 heterocycles. The lowest BCUT2D eigenvalue weighted by molar-refractivity contribution is 0.0949. The van der Waals surface area contributed by atoms with Gasteiger partial charge in [-0.25, -0.2) is 5.43 Å². The molecule has 0 aliphatic heterocycles. The van der Waals surface area contributed by atoms with Crippen LogP contribution in [0.15, 0.2) is 53.6 Å². The van der Waals surface area contributed by atoms with Crippen LogP contribution in [0.1, 0.15) is 35.5 Å². The lowest BCUT2D eigenvalue weighted by Gasteiger charge is -2.04. The summed E-state index contributed by atoms with van der Waals surface area (Å²) < 4.78 is 10.9. The molecule has 3 rings (SSSR count). The molecule has 0 saturated carbocycles. The summed E-state index contributed by atoms with van der Waals surface area (Å²) >= 11 is 0. The maximum atomic E-state index is 12.4. The molecule has 7 heteroatoms. The number of nitrogens with one attached hydrogen (secondary N) is 2. The van der Waals surface area contributed by atoms with Crippen molar-refractivity contribution in [2.75, 3.05) is 13.2 Å². The summed E-state index contributed by atoms with van der Waals surface area (Å²) in [4.78, 5) is 12.4. The molecule has 1 amide bonds. The molecule has 0 spiro atoms. The Labute approximate surface area is 169 Å². The predicted octanol–water partition coefficient (Wildman–Crippen LogP) is 3.95. The average Bonchev–Trinajstić information content (AvgIpc) is 3.12. The molecule has 150 valence electrons. The van der Waals surface area contributed by atoms with Crippen LogP contribution in [0.25, 0.3) is 11.3 Å². The van der Waals surface area contributed by atoms with E-state index in [1.807, 2.05) is 69.3 Å². The standard InChI is InChI=1S/C22H24N4O3/c1-4-28-18-10-6-16(7-11-18)14-23-26-22(27)21-15(3)20(24-25-21)17-8-12-19(13-9-17)29-5-2/h6-14H,4-5H2,1-3H3,(H,24,25)(H,26,27). The largest absolute Gasteiger partial charge is 0.494 e. The van der Waals surface area contributed by atoms with Crippen LogP contribution in [0, 0.1) is 6.92 Å². The molecule has 0 aliphatic rings. The molecule has 0 aliphatic carbocycles. The Morgan fingerprint density at radius 1 is 1.03 bits per heavy atom. The first-order valence-electron chi connectivity index (χ1n) is 9.46. The van der Waals surface area contributed by atoms with E-state index >= 15 is 0 Å². The third kappa shape index (κ3) is 5.01. The van der Waals surface area contributed by atoms with Gasteiger partial charge in [-0.15, -0.1) is 0 Å². The van der Waals surface area contributed by atoms with E-state index < -0.39 is 0 Å². The van der Waals surface area contributed by atoms with E-state index in [2.05, 4.69) is 20.7 Å². The first kappa shape index (κ1) is 20.1. The lowest BCUT2D eigenvalue weighted by atomic mass is 10.1. The first-order chi connectivity index (χ1) is 14.1. The van der Waals surface area contributed by atoms with Crippen molar-refractivity contribution in [3.8, 4) is 22.8 Å². The van der Waals surface area contributed by atoms with Gasteiger partial charge in [0.05, 0.1) is 25.1 Å². The van der Waals surface area contributed by atoms with Crippen LogP contribution in [0.5, 0.6) is 11.5 Å². The number of aromatic nitrogens is 2. The van der Waals surface area contributed by atoms with Crippen LogP contribution in [-0.4, -0.2) is 35.5 Å². The molecule has 0 radical (unpaired) electrons. The quantitative estimate of drug-likeness (QED) is 0.449. The number of hydrogen-bond acceptors (Lipinski definition) is 5. The number of carbonyl (C=O) groups excluding carboxylic acids is 1. The third-order valence-electron chi connectivity index (χ3n) is 4.25. The lowest BCUT2D eigenvalue weighted by Crippen LogP contribution is -2.19. The molecule has 2 aromatic carbocycles. The summed E-state index contributed by atoms with van der Waals surface area (Å²) in [5.41, 5.74) is 6.12. The Morgan fingerprint density at radius 2 is 1.62 bits per heavy atom. The fourth-order valence-electron chi connectivity index (χ4n) is 2.81. The molecule has 29 heavy (non-hydrogen) atoms. The Morgan fingerprint density at radius 3 is 2.21 bits per heavy atom. The van der Waals surface area contributed by atoms with Crippen LogP contribution < -0.4 is 14.9 Å². The molecule has 0 bridgehead atoms. The van der Waals surface area contributed by atoms with Gasteiger partial charge in [0.15, 0.2) is 0 Å². The van der Waals surface area contributed by atoms with Crippen LogP contribution in [-0.2, 0) is 0 Å². The van der Waals surface area contributed by atoms with Gasteiger partial charge in [-0.3, -0.25) is 9.89 Å². The van der Waals surface area contributed by atoms with Crippen molar-refractivity contribution in [3.63, 3.8) is 0 Å². The van der Waals surface area contributed by atoms with Crippen molar-refractivity contribution >= 4 is 12.1 Å². The maximum absolute atomic E-state index is 12.4. The summed E-state index contributed by atoms with van der Waals surface area (Å²) in [7, 11) is 0. The van der Waals surface area contributed by atoms with E-state index in [0.717, 1.165) is 28.2 Å². The molecule has 0 saturated heterocycles. The highest BCUT2D eigenvalue weighted by Gasteiger charge is 2.16. The van der Waals surface area contributed by atoms with Gasteiger partial charge in [-0.1, -0.05) is 0 Å². The zero-order valence-electron chi connectivity index (χ0n) is 16.7. The van der Waals surface area contributed by atoms with Crippen molar-refractivity contribution in [2.24, 2.45) is 5.10 Å². The Kier molecular flexibility index (Phi) is 6.63. The predicted molar refractivity (Wildman–Crippen MR) is 113 cm³/mol. The van der Waals surface area contributed by atoms with Gasteiger partial charge in [-0.05, 0) is 74.9 Å². The first-order valence-corrected chi connectivity index (χ1v) is 9.46. The maximum Gasteiger partial charge on any atom is 0.289 e. The number of rotatable bonds is 8. The molecule has 3 aromatic rings. The summed E-state index contributed by atoms with van der Waals surface area (Å²) in [5, 5.41) is 11.1. The van der Waals surface area contributed by atoms with Crippen molar-refractivity contribution in [1.82, 2.24) is 15.6 Å². The fourth-order valence-corrected chi connectivity index (χ4v) is 2.81. The van der Waals surface area contributed by atoms with Crippen LogP contribution in [0.4, 0.5) is 0 Å². The summed E-state index contributed by atoms with van der Waals surface area (Å²) in [6.07, 6.45) is 1.58. The van der Waals surface area contributed by atoms with Crippen LogP contribution >= 0.6 is 0 Å². The summed E-state index contributed by atoms with van der Waals surface area (Å²) in [6, 6.07) is 15.0. The number of ether oxygens (including phenoxy) is 2. The van der Waals surface area contributed by atoms with Gasteiger partial charge in [-0.2, -0.15) is 10.2 Å². The zero-order chi connectivity index (χ0) is 20.6. The number of H-pyrrole nitrogens is 1. The van der Waals surface area contributed by atoms with Crippen molar-refractivity contribution in [1.29, 1.82) is 0 Å². The topological polar surface area (TPSA) is 88.6 Å². The minimum Gasteiger partial charge on any atom is -0.494 e. The molecule has 7 nitrogen and oxygen atoms in total. The second kappa shape index (κ2) is 9.54.